The molecule has 3 rings (SSSR count). The molecular formula is C8H10. The van der Waals surface area contributed by atoms with Gasteiger partial charge in [-0.2, -0.15) is 0 Å². The summed E-state index contributed by atoms with van der Waals surface area (Å²) < 4.78 is 0. The minimum absolute atomic E-state index is 0.884. The van der Waals surface area contributed by atoms with Gasteiger partial charge in [-0.15, -0.1) is 0 Å². The van der Waals surface area contributed by atoms with E-state index >= 15 is 0 Å². The maximum atomic E-state index is 3.98. The van der Waals surface area contributed by atoms with Crippen LogP contribution in [0, 0.1) is 5.92 Å². The van der Waals surface area contributed by atoms with Crippen LogP contribution >= 0.6 is 0 Å². The summed E-state index contributed by atoms with van der Waals surface area (Å²) in [7, 11) is 0. The van der Waals surface area contributed by atoms with E-state index in [1.165, 1.54) is 24.8 Å². The SMILES string of the molecule is C=C1C2=CCCC1C2. The fourth-order valence-electron chi connectivity index (χ4n) is 1.60. The highest BCUT2D eigenvalue weighted by Gasteiger charge is 2.29. The third-order valence-electron chi connectivity index (χ3n) is 2.28. The molecule has 0 saturated heterocycles. The second-order valence-corrected chi connectivity index (χ2v) is 2.73. The summed E-state index contributed by atoms with van der Waals surface area (Å²) in [5, 5.41) is 0. The second kappa shape index (κ2) is 1.25. The molecule has 3 aliphatic rings. The Kier molecular flexibility index (Phi) is 0.682. The van der Waals surface area contributed by atoms with E-state index in [-0.39, 0.29) is 0 Å². The zero-order valence-corrected chi connectivity index (χ0v) is 4.98. The Morgan fingerprint density at radius 3 is 2.75 bits per heavy atom. The topological polar surface area (TPSA) is 0 Å². The van der Waals surface area contributed by atoms with Crippen molar-refractivity contribution in [3.05, 3.63) is 23.8 Å². The molecule has 0 spiro atoms. The Morgan fingerprint density at radius 2 is 2.50 bits per heavy atom. The summed E-state index contributed by atoms with van der Waals surface area (Å²) in [5.74, 6) is 0.884. The summed E-state index contributed by atoms with van der Waals surface area (Å²) in [6, 6.07) is 0. The highest BCUT2D eigenvalue weighted by molar-refractivity contribution is 5.42. The van der Waals surface area contributed by atoms with Gasteiger partial charge in [0.15, 0.2) is 0 Å². The number of fused-ring (bicyclic) bond motifs is 2. The van der Waals surface area contributed by atoms with Crippen molar-refractivity contribution in [1.29, 1.82) is 0 Å². The Morgan fingerprint density at radius 1 is 1.62 bits per heavy atom. The summed E-state index contributed by atoms with van der Waals surface area (Å²) in [6.45, 7) is 3.98. The van der Waals surface area contributed by atoms with Crippen LogP contribution in [0.15, 0.2) is 23.8 Å². The molecule has 0 aromatic carbocycles. The van der Waals surface area contributed by atoms with Gasteiger partial charge < -0.3 is 0 Å². The van der Waals surface area contributed by atoms with Gasteiger partial charge in [0.05, 0.1) is 0 Å². The molecule has 0 N–H and O–H groups in total. The van der Waals surface area contributed by atoms with Gasteiger partial charge in [-0.25, -0.2) is 0 Å². The standard InChI is InChI=1S/C8H10/c1-6-7-3-2-4-8(6)5-7/h3,8H,1-2,4-5H2. The maximum absolute atomic E-state index is 3.98. The van der Waals surface area contributed by atoms with E-state index in [1.54, 1.807) is 5.57 Å². The van der Waals surface area contributed by atoms with Crippen LogP contribution in [0.5, 0.6) is 0 Å². The van der Waals surface area contributed by atoms with E-state index in [9.17, 15) is 0 Å². The molecule has 0 heteroatoms. The molecule has 8 heavy (non-hydrogen) atoms. The number of rotatable bonds is 0. The van der Waals surface area contributed by atoms with E-state index < -0.39 is 0 Å². The lowest BCUT2D eigenvalue weighted by atomic mass is 9.69. The Labute approximate surface area is 49.9 Å². The molecular weight excluding hydrogens is 96.1 g/mol. The van der Waals surface area contributed by atoms with Crippen LogP contribution in [0.1, 0.15) is 19.3 Å². The third kappa shape index (κ3) is 0.360. The van der Waals surface area contributed by atoms with E-state index in [0.717, 1.165) is 5.92 Å². The van der Waals surface area contributed by atoms with E-state index in [2.05, 4.69) is 12.7 Å². The average molecular weight is 106 g/mol. The molecule has 0 aromatic rings. The second-order valence-electron chi connectivity index (χ2n) is 2.73. The first kappa shape index (κ1) is 4.37. The van der Waals surface area contributed by atoms with Crippen LogP contribution < -0.4 is 0 Å². The van der Waals surface area contributed by atoms with Gasteiger partial charge >= 0.3 is 0 Å². The van der Waals surface area contributed by atoms with Crippen molar-refractivity contribution in [2.75, 3.05) is 0 Å². The molecule has 0 heterocycles. The fraction of sp³-hybridized carbons (Fsp3) is 0.500. The molecule has 2 bridgehead atoms. The van der Waals surface area contributed by atoms with E-state index in [4.69, 9.17) is 0 Å². The number of hydrogen-bond donors (Lipinski definition) is 0. The van der Waals surface area contributed by atoms with Crippen LogP contribution in [0.3, 0.4) is 0 Å². The van der Waals surface area contributed by atoms with E-state index in [1.807, 2.05) is 0 Å². The van der Waals surface area contributed by atoms with Crippen molar-refractivity contribution >= 4 is 0 Å². The van der Waals surface area contributed by atoms with Gasteiger partial charge in [0.2, 0.25) is 0 Å². The molecule has 3 aliphatic carbocycles. The molecule has 0 aliphatic heterocycles. The van der Waals surface area contributed by atoms with Crippen molar-refractivity contribution in [3.63, 3.8) is 0 Å². The smallest absolute Gasteiger partial charge is 0.0122 e. The zero-order valence-electron chi connectivity index (χ0n) is 4.98. The van der Waals surface area contributed by atoms with Crippen molar-refractivity contribution in [2.24, 2.45) is 5.92 Å². The van der Waals surface area contributed by atoms with Crippen LogP contribution in [0.25, 0.3) is 0 Å². The van der Waals surface area contributed by atoms with Crippen LogP contribution in [0.4, 0.5) is 0 Å². The van der Waals surface area contributed by atoms with Crippen molar-refractivity contribution < 1.29 is 0 Å². The van der Waals surface area contributed by atoms with Gasteiger partial charge in [-0.3, -0.25) is 0 Å². The van der Waals surface area contributed by atoms with Crippen molar-refractivity contribution in [2.45, 2.75) is 19.3 Å². The lowest BCUT2D eigenvalue weighted by molar-refractivity contribution is 0.470. The summed E-state index contributed by atoms with van der Waals surface area (Å²) in [6.07, 6.45) is 6.34. The Hall–Kier alpha value is -0.520. The minimum atomic E-state index is 0.884. The summed E-state index contributed by atoms with van der Waals surface area (Å²) in [5.41, 5.74) is 2.97. The Balaban J connectivity index is 2.36. The van der Waals surface area contributed by atoms with Gasteiger partial charge in [-0.1, -0.05) is 12.7 Å². The lowest BCUT2D eigenvalue weighted by Crippen LogP contribution is -2.21. The Bertz CT molecular complexity index is 163. The summed E-state index contributed by atoms with van der Waals surface area (Å²) in [4.78, 5) is 0. The first-order valence-corrected chi connectivity index (χ1v) is 3.26. The molecule has 1 fully saturated rings. The fourth-order valence-corrected chi connectivity index (χ4v) is 1.60. The highest BCUT2D eigenvalue weighted by Crippen LogP contribution is 2.44. The normalized spacial score (nSPS) is 33.8. The predicted octanol–water partition coefficient (Wildman–Crippen LogP) is 2.28. The lowest BCUT2D eigenvalue weighted by Gasteiger charge is -2.36. The molecule has 1 atom stereocenters. The zero-order chi connectivity index (χ0) is 5.56. The first-order chi connectivity index (χ1) is 3.88. The maximum Gasteiger partial charge on any atom is -0.0122 e. The molecule has 1 saturated carbocycles. The molecule has 0 amide bonds. The average Bonchev–Trinajstić information content (AvgIpc) is 1.89. The van der Waals surface area contributed by atoms with Gasteiger partial charge in [-0.05, 0) is 36.3 Å². The van der Waals surface area contributed by atoms with E-state index in [0.29, 0.717) is 0 Å². The molecule has 42 valence electrons. The van der Waals surface area contributed by atoms with Gasteiger partial charge in [0, 0.05) is 0 Å². The summed E-state index contributed by atoms with van der Waals surface area (Å²) >= 11 is 0. The van der Waals surface area contributed by atoms with Gasteiger partial charge in [0.1, 0.15) is 0 Å². The van der Waals surface area contributed by atoms with Crippen LogP contribution in [-0.2, 0) is 0 Å². The first-order valence-electron chi connectivity index (χ1n) is 3.26. The van der Waals surface area contributed by atoms with Crippen LogP contribution in [-0.4, -0.2) is 0 Å². The quantitative estimate of drug-likeness (QED) is 0.444. The number of hydrogen-bond acceptors (Lipinski definition) is 0. The van der Waals surface area contributed by atoms with Gasteiger partial charge in [0.25, 0.3) is 0 Å². The van der Waals surface area contributed by atoms with Crippen molar-refractivity contribution in [3.8, 4) is 0 Å². The molecule has 0 radical (unpaired) electrons. The minimum Gasteiger partial charge on any atom is -0.0953 e. The third-order valence-corrected chi connectivity index (χ3v) is 2.28. The monoisotopic (exact) mass is 106 g/mol. The largest absolute Gasteiger partial charge is 0.0953 e. The number of allylic oxidation sites excluding steroid dienone is 3. The molecule has 0 aromatic heterocycles. The molecule has 0 nitrogen and oxygen atoms in total. The predicted molar refractivity (Wildman–Crippen MR) is 34.6 cm³/mol. The highest BCUT2D eigenvalue weighted by atomic mass is 14.3. The van der Waals surface area contributed by atoms with Crippen molar-refractivity contribution in [1.82, 2.24) is 0 Å². The van der Waals surface area contributed by atoms with Crippen LogP contribution in [0.2, 0.25) is 0 Å². The molecule has 1 unspecified atom stereocenters.